The number of hydrogen-bond donors (Lipinski definition) is 2. The van der Waals surface area contributed by atoms with E-state index in [0.717, 1.165) is 5.56 Å². The van der Waals surface area contributed by atoms with Crippen LogP contribution < -0.4 is 10.2 Å². The standard InChI is InChI=1S/C19H25N3O5/c1-12-11-27-17-9-15(18(24)20-26)3-4-16(17)10-22(12)19(25)14-5-7-21(8-6-14)13(2)23/h3-4,9,12,14,26H,5-8,10-11H2,1-2H3,(H,20,24)/t12-/m0/s1. The van der Waals surface area contributed by atoms with Crippen molar-refractivity contribution in [3.8, 4) is 5.75 Å². The molecule has 0 aromatic heterocycles. The van der Waals surface area contributed by atoms with Crippen LogP contribution in [-0.4, -0.2) is 58.5 Å². The summed E-state index contributed by atoms with van der Waals surface area (Å²) in [5.41, 5.74) is 2.72. The SMILES string of the molecule is CC(=O)N1CCC(C(=O)N2Cc3ccc(C(=O)NO)cc3OC[C@@H]2C)CC1. The Morgan fingerprint density at radius 1 is 1.22 bits per heavy atom. The van der Waals surface area contributed by atoms with E-state index in [0.29, 0.717) is 50.4 Å². The number of hydrogen-bond acceptors (Lipinski definition) is 5. The van der Waals surface area contributed by atoms with E-state index in [1.165, 1.54) is 0 Å². The first-order chi connectivity index (χ1) is 12.9. The van der Waals surface area contributed by atoms with Crippen LogP contribution >= 0.6 is 0 Å². The van der Waals surface area contributed by atoms with E-state index in [2.05, 4.69) is 0 Å². The van der Waals surface area contributed by atoms with E-state index in [4.69, 9.17) is 9.94 Å². The van der Waals surface area contributed by atoms with E-state index in [9.17, 15) is 14.4 Å². The summed E-state index contributed by atoms with van der Waals surface area (Å²) in [4.78, 5) is 39.8. The van der Waals surface area contributed by atoms with Crippen LogP contribution in [0, 0.1) is 5.92 Å². The van der Waals surface area contributed by atoms with Gasteiger partial charge in [-0.2, -0.15) is 0 Å². The molecule has 1 aromatic rings. The number of amides is 3. The molecule has 0 bridgehead atoms. The number of likely N-dealkylation sites (tertiary alicyclic amines) is 1. The van der Waals surface area contributed by atoms with Crippen LogP contribution in [0.3, 0.4) is 0 Å². The van der Waals surface area contributed by atoms with Crippen LogP contribution in [0.1, 0.15) is 42.6 Å². The fraction of sp³-hybridized carbons (Fsp3) is 0.526. The van der Waals surface area contributed by atoms with Gasteiger partial charge in [-0.3, -0.25) is 19.6 Å². The van der Waals surface area contributed by atoms with Crippen LogP contribution in [0.2, 0.25) is 0 Å². The number of hydroxylamine groups is 1. The van der Waals surface area contributed by atoms with E-state index in [1.807, 2.05) is 11.8 Å². The Morgan fingerprint density at radius 3 is 2.56 bits per heavy atom. The van der Waals surface area contributed by atoms with Gasteiger partial charge in [0.1, 0.15) is 12.4 Å². The van der Waals surface area contributed by atoms with E-state index in [1.54, 1.807) is 35.5 Å². The molecule has 0 spiro atoms. The smallest absolute Gasteiger partial charge is 0.274 e. The van der Waals surface area contributed by atoms with Crippen molar-refractivity contribution in [1.29, 1.82) is 0 Å². The second-order valence-corrected chi connectivity index (χ2v) is 7.17. The van der Waals surface area contributed by atoms with Crippen LogP contribution in [0.15, 0.2) is 18.2 Å². The number of fused-ring (bicyclic) bond motifs is 1. The van der Waals surface area contributed by atoms with Crippen molar-refractivity contribution in [2.75, 3.05) is 19.7 Å². The van der Waals surface area contributed by atoms with Crippen molar-refractivity contribution in [2.45, 2.75) is 39.3 Å². The third-order valence-corrected chi connectivity index (χ3v) is 5.36. The molecule has 8 nitrogen and oxygen atoms in total. The van der Waals surface area contributed by atoms with Gasteiger partial charge in [0.25, 0.3) is 5.91 Å². The fourth-order valence-corrected chi connectivity index (χ4v) is 3.64. The molecule has 0 radical (unpaired) electrons. The lowest BCUT2D eigenvalue weighted by atomic mass is 9.94. The minimum Gasteiger partial charge on any atom is -0.491 e. The second kappa shape index (κ2) is 7.96. The van der Waals surface area contributed by atoms with Crippen LogP contribution in [0.5, 0.6) is 5.75 Å². The van der Waals surface area contributed by atoms with Gasteiger partial charge in [0.2, 0.25) is 11.8 Å². The molecule has 0 unspecified atom stereocenters. The van der Waals surface area contributed by atoms with E-state index >= 15 is 0 Å². The first kappa shape index (κ1) is 19.2. The van der Waals surface area contributed by atoms with Crippen molar-refractivity contribution >= 4 is 17.7 Å². The Kier molecular flexibility index (Phi) is 5.65. The highest BCUT2D eigenvalue weighted by molar-refractivity contribution is 5.93. The largest absolute Gasteiger partial charge is 0.491 e. The number of ether oxygens (including phenoxy) is 1. The molecular weight excluding hydrogens is 350 g/mol. The molecule has 1 saturated heterocycles. The summed E-state index contributed by atoms with van der Waals surface area (Å²) in [6.45, 7) is 5.45. The van der Waals surface area contributed by atoms with Gasteiger partial charge < -0.3 is 14.5 Å². The van der Waals surface area contributed by atoms with Gasteiger partial charge in [0.05, 0.1) is 6.04 Å². The Morgan fingerprint density at radius 2 is 1.93 bits per heavy atom. The minimum atomic E-state index is -0.608. The lowest BCUT2D eigenvalue weighted by Gasteiger charge is -2.35. The predicted octanol–water partition coefficient (Wildman–Crippen LogP) is 1.17. The van der Waals surface area contributed by atoms with Gasteiger partial charge in [-0.05, 0) is 31.9 Å². The maximum atomic E-state index is 13.1. The number of benzene rings is 1. The monoisotopic (exact) mass is 375 g/mol. The van der Waals surface area contributed by atoms with Crippen molar-refractivity contribution < 1.29 is 24.3 Å². The molecular formula is C19H25N3O5. The third kappa shape index (κ3) is 4.05. The number of carbonyl (C=O) groups excluding carboxylic acids is 3. The maximum Gasteiger partial charge on any atom is 0.274 e. The normalized spacial score (nSPS) is 20.3. The molecule has 146 valence electrons. The molecule has 2 aliphatic heterocycles. The van der Waals surface area contributed by atoms with Crippen molar-refractivity contribution in [1.82, 2.24) is 15.3 Å². The maximum absolute atomic E-state index is 13.1. The highest BCUT2D eigenvalue weighted by Gasteiger charge is 2.33. The molecule has 0 saturated carbocycles. The number of carbonyl (C=O) groups is 3. The van der Waals surface area contributed by atoms with Gasteiger partial charge in [-0.1, -0.05) is 6.07 Å². The summed E-state index contributed by atoms with van der Waals surface area (Å²) in [7, 11) is 0. The summed E-state index contributed by atoms with van der Waals surface area (Å²) >= 11 is 0. The summed E-state index contributed by atoms with van der Waals surface area (Å²) in [5.74, 6) is -0.0223. The predicted molar refractivity (Wildman–Crippen MR) is 96.2 cm³/mol. The molecule has 3 amide bonds. The zero-order valence-electron chi connectivity index (χ0n) is 15.6. The number of piperidine rings is 1. The Bertz CT molecular complexity index is 743. The van der Waals surface area contributed by atoms with Crippen molar-refractivity contribution in [2.24, 2.45) is 5.92 Å². The summed E-state index contributed by atoms with van der Waals surface area (Å²) in [6.07, 6.45) is 1.34. The zero-order chi connectivity index (χ0) is 19.6. The number of rotatable bonds is 2. The van der Waals surface area contributed by atoms with Gasteiger partial charge in [-0.15, -0.1) is 0 Å². The highest BCUT2D eigenvalue weighted by atomic mass is 16.5. The van der Waals surface area contributed by atoms with Crippen LogP contribution in [-0.2, 0) is 16.1 Å². The lowest BCUT2D eigenvalue weighted by Crippen LogP contribution is -2.47. The third-order valence-electron chi connectivity index (χ3n) is 5.36. The molecule has 1 fully saturated rings. The molecule has 1 atom stereocenters. The summed E-state index contributed by atoms with van der Waals surface area (Å²) in [6, 6.07) is 4.81. The van der Waals surface area contributed by atoms with Gasteiger partial charge in [-0.25, -0.2) is 5.48 Å². The molecule has 2 aliphatic rings. The first-order valence-electron chi connectivity index (χ1n) is 9.17. The van der Waals surface area contributed by atoms with Gasteiger partial charge in [0, 0.05) is 43.6 Å². The van der Waals surface area contributed by atoms with Gasteiger partial charge >= 0.3 is 0 Å². The Hall–Kier alpha value is -2.61. The van der Waals surface area contributed by atoms with E-state index < -0.39 is 5.91 Å². The van der Waals surface area contributed by atoms with Crippen LogP contribution in [0.25, 0.3) is 0 Å². The van der Waals surface area contributed by atoms with Gasteiger partial charge in [0.15, 0.2) is 0 Å². The first-order valence-corrected chi connectivity index (χ1v) is 9.17. The van der Waals surface area contributed by atoms with E-state index in [-0.39, 0.29) is 23.8 Å². The van der Waals surface area contributed by atoms with Crippen LogP contribution in [0.4, 0.5) is 0 Å². The second-order valence-electron chi connectivity index (χ2n) is 7.17. The quantitative estimate of drug-likeness (QED) is 0.597. The molecule has 8 heteroatoms. The zero-order valence-corrected chi connectivity index (χ0v) is 15.6. The average Bonchev–Trinajstić information content (AvgIpc) is 2.85. The number of nitrogens with one attached hydrogen (secondary N) is 1. The summed E-state index contributed by atoms with van der Waals surface area (Å²) < 4.78 is 5.80. The topological polar surface area (TPSA) is 99.2 Å². The minimum absolute atomic E-state index is 0.0501. The van der Waals surface area contributed by atoms with Crippen molar-refractivity contribution in [3.63, 3.8) is 0 Å². The molecule has 2 N–H and O–H groups in total. The fourth-order valence-electron chi connectivity index (χ4n) is 3.64. The number of nitrogens with zero attached hydrogens (tertiary/aromatic N) is 2. The molecule has 1 aromatic carbocycles. The highest BCUT2D eigenvalue weighted by Crippen LogP contribution is 2.29. The Balaban J connectivity index is 1.74. The van der Waals surface area contributed by atoms with Crippen molar-refractivity contribution in [3.05, 3.63) is 29.3 Å². The average molecular weight is 375 g/mol. The lowest BCUT2D eigenvalue weighted by molar-refractivity contribution is -0.142. The summed E-state index contributed by atoms with van der Waals surface area (Å²) in [5, 5.41) is 8.78. The molecule has 2 heterocycles. The molecule has 3 rings (SSSR count). The Labute approximate surface area is 158 Å². The molecule has 0 aliphatic carbocycles. The molecule has 27 heavy (non-hydrogen) atoms.